The lowest BCUT2D eigenvalue weighted by Gasteiger charge is -2.30. The van der Waals surface area contributed by atoms with Crippen molar-refractivity contribution in [2.45, 2.75) is 19.5 Å². The van der Waals surface area contributed by atoms with Crippen molar-refractivity contribution in [1.82, 2.24) is 14.9 Å². The van der Waals surface area contributed by atoms with Crippen LogP contribution in [0.25, 0.3) is 0 Å². The van der Waals surface area contributed by atoms with E-state index >= 15 is 0 Å². The maximum atomic E-state index is 5.41. The van der Waals surface area contributed by atoms with Gasteiger partial charge in [-0.2, -0.15) is 0 Å². The van der Waals surface area contributed by atoms with Crippen LogP contribution in [-0.4, -0.2) is 47.7 Å². The molecule has 4 rings (SSSR count). The van der Waals surface area contributed by atoms with E-state index in [4.69, 9.17) is 9.72 Å². The van der Waals surface area contributed by atoms with Crippen molar-refractivity contribution in [2.24, 2.45) is 0 Å². The van der Waals surface area contributed by atoms with E-state index in [1.807, 2.05) is 6.20 Å². The van der Waals surface area contributed by atoms with Crippen molar-refractivity contribution in [2.75, 3.05) is 37.7 Å². The van der Waals surface area contributed by atoms with E-state index in [-0.39, 0.29) is 0 Å². The molecule has 2 aliphatic heterocycles. The van der Waals surface area contributed by atoms with Crippen LogP contribution in [0.15, 0.2) is 34.9 Å². The molecule has 0 unspecified atom stereocenters. The Morgan fingerprint density at radius 2 is 1.88 bits per heavy atom. The third-order valence-electron chi connectivity index (χ3n) is 4.61. The van der Waals surface area contributed by atoms with Crippen molar-refractivity contribution in [1.29, 1.82) is 0 Å². The third kappa shape index (κ3) is 3.61. The lowest BCUT2D eigenvalue weighted by Crippen LogP contribution is -2.38. The summed E-state index contributed by atoms with van der Waals surface area (Å²) in [4.78, 5) is 14.1. The Morgan fingerprint density at radius 1 is 1.08 bits per heavy atom. The van der Waals surface area contributed by atoms with Gasteiger partial charge in [-0.25, -0.2) is 9.97 Å². The van der Waals surface area contributed by atoms with E-state index in [2.05, 4.69) is 55.0 Å². The molecule has 0 spiro atoms. The minimum Gasteiger partial charge on any atom is -0.378 e. The molecule has 0 N–H and O–H groups in total. The van der Waals surface area contributed by atoms with Crippen molar-refractivity contribution in [3.63, 3.8) is 0 Å². The fourth-order valence-electron chi connectivity index (χ4n) is 3.26. The number of ether oxygens (including phenoxy) is 1. The average Bonchev–Trinajstić information content (AvgIpc) is 2.64. The Balaban J connectivity index is 1.44. The maximum Gasteiger partial charge on any atom is 0.225 e. The highest BCUT2D eigenvalue weighted by Gasteiger charge is 2.21. The van der Waals surface area contributed by atoms with Gasteiger partial charge in [0.2, 0.25) is 5.95 Å². The van der Waals surface area contributed by atoms with Crippen LogP contribution in [0.3, 0.4) is 0 Å². The van der Waals surface area contributed by atoms with Crippen molar-refractivity contribution in [3.05, 3.63) is 51.8 Å². The first-order valence-corrected chi connectivity index (χ1v) is 9.21. The molecule has 0 radical (unpaired) electrons. The second kappa shape index (κ2) is 7.17. The molecule has 0 amide bonds. The highest BCUT2D eigenvalue weighted by molar-refractivity contribution is 9.10. The van der Waals surface area contributed by atoms with E-state index in [9.17, 15) is 0 Å². The zero-order chi connectivity index (χ0) is 16.4. The Kier molecular flexibility index (Phi) is 4.78. The molecule has 0 aliphatic carbocycles. The molecule has 1 aromatic carbocycles. The molecule has 2 aromatic rings. The van der Waals surface area contributed by atoms with Gasteiger partial charge in [0.15, 0.2) is 0 Å². The molecule has 5 nitrogen and oxygen atoms in total. The Labute approximate surface area is 150 Å². The molecule has 0 bridgehead atoms. The average molecular weight is 389 g/mol. The van der Waals surface area contributed by atoms with Crippen LogP contribution in [-0.2, 0) is 24.2 Å². The molecule has 0 atom stereocenters. The number of benzene rings is 1. The molecule has 0 saturated carbocycles. The maximum absolute atomic E-state index is 5.41. The van der Waals surface area contributed by atoms with Crippen molar-refractivity contribution < 1.29 is 4.74 Å². The molecule has 2 aliphatic rings. The van der Waals surface area contributed by atoms with Gasteiger partial charge in [0.05, 0.1) is 18.9 Å². The fraction of sp³-hybridized carbons (Fsp3) is 0.444. The smallest absolute Gasteiger partial charge is 0.225 e. The molecular weight excluding hydrogens is 368 g/mol. The van der Waals surface area contributed by atoms with Gasteiger partial charge in [-0.1, -0.05) is 28.1 Å². The molecule has 6 heteroatoms. The number of morpholine rings is 1. The SMILES string of the molecule is Brc1ccc(CN2CCc3nc(N4CCOCC4)ncc3C2)cc1. The van der Waals surface area contributed by atoms with Gasteiger partial charge in [0.1, 0.15) is 0 Å². The zero-order valence-corrected chi connectivity index (χ0v) is 15.2. The number of nitrogens with zero attached hydrogens (tertiary/aromatic N) is 4. The first-order chi connectivity index (χ1) is 11.8. The summed E-state index contributed by atoms with van der Waals surface area (Å²) < 4.78 is 6.53. The van der Waals surface area contributed by atoms with Crippen LogP contribution in [0.2, 0.25) is 0 Å². The van der Waals surface area contributed by atoms with Crippen molar-refractivity contribution in [3.8, 4) is 0 Å². The molecule has 24 heavy (non-hydrogen) atoms. The van der Waals surface area contributed by atoms with Gasteiger partial charge >= 0.3 is 0 Å². The summed E-state index contributed by atoms with van der Waals surface area (Å²) in [7, 11) is 0. The first kappa shape index (κ1) is 16.0. The molecule has 3 heterocycles. The third-order valence-corrected chi connectivity index (χ3v) is 5.14. The van der Waals surface area contributed by atoms with Gasteiger partial charge in [-0.15, -0.1) is 0 Å². The lowest BCUT2D eigenvalue weighted by atomic mass is 10.1. The van der Waals surface area contributed by atoms with Gasteiger partial charge in [0, 0.05) is 55.4 Å². The molecule has 126 valence electrons. The zero-order valence-electron chi connectivity index (χ0n) is 13.6. The highest BCUT2D eigenvalue weighted by Crippen LogP contribution is 2.21. The highest BCUT2D eigenvalue weighted by atomic mass is 79.9. The van der Waals surface area contributed by atoms with Crippen LogP contribution in [0, 0.1) is 0 Å². The van der Waals surface area contributed by atoms with Gasteiger partial charge in [-0.3, -0.25) is 4.90 Å². The standard InChI is InChI=1S/C18H21BrN4O/c19-16-3-1-14(2-4-16)12-22-6-5-17-15(13-22)11-20-18(21-17)23-7-9-24-10-8-23/h1-4,11H,5-10,12-13H2. The summed E-state index contributed by atoms with van der Waals surface area (Å²) in [5, 5.41) is 0. The number of hydrogen-bond acceptors (Lipinski definition) is 5. The summed E-state index contributed by atoms with van der Waals surface area (Å²) in [6.45, 7) is 6.24. The minimum atomic E-state index is 0.765. The Hall–Kier alpha value is -1.50. The molecular formula is C18H21BrN4O. The van der Waals surface area contributed by atoms with Crippen LogP contribution < -0.4 is 4.90 Å². The Bertz CT molecular complexity index is 701. The second-order valence-electron chi connectivity index (χ2n) is 6.33. The molecule has 1 aromatic heterocycles. The number of hydrogen-bond donors (Lipinski definition) is 0. The summed E-state index contributed by atoms with van der Waals surface area (Å²) >= 11 is 3.49. The van der Waals surface area contributed by atoms with Gasteiger partial charge in [0.25, 0.3) is 0 Å². The summed E-state index contributed by atoms with van der Waals surface area (Å²) in [5.74, 6) is 0.860. The number of halogens is 1. The van der Waals surface area contributed by atoms with E-state index < -0.39 is 0 Å². The van der Waals surface area contributed by atoms with Gasteiger partial charge in [-0.05, 0) is 17.7 Å². The number of rotatable bonds is 3. The quantitative estimate of drug-likeness (QED) is 0.808. The summed E-state index contributed by atoms with van der Waals surface area (Å²) in [5.41, 5.74) is 3.81. The first-order valence-electron chi connectivity index (χ1n) is 8.42. The normalized spacial score (nSPS) is 18.5. The fourth-order valence-corrected chi connectivity index (χ4v) is 3.53. The van der Waals surface area contributed by atoms with Crippen LogP contribution >= 0.6 is 15.9 Å². The van der Waals surface area contributed by atoms with E-state index in [1.54, 1.807) is 0 Å². The molecule has 1 saturated heterocycles. The van der Waals surface area contributed by atoms with Crippen LogP contribution in [0.5, 0.6) is 0 Å². The van der Waals surface area contributed by atoms with Crippen molar-refractivity contribution >= 4 is 21.9 Å². The summed E-state index contributed by atoms with van der Waals surface area (Å²) in [6, 6.07) is 8.56. The number of anilines is 1. The van der Waals surface area contributed by atoms with Gasteiger partial charge < -0.3 is 9.64 Å². The predicted molar refractivity (Wildman–Crippen MR) is 97.0 cm³/mol. The lowest BCUT2D eigenvalue weighted by molar-refractivity contribution is 0.122. The summed E-state index contributed by atoms with van der Waals surface area (Å²) in [6.07, 6.45) is 3.01. The Morgan fingerprint density at radius 3 is 2.67 bits per heavy atom. The predicted octanol–water partition coefficient (Wildman–Crippen LogP) is 2.63. The number of aromatic nitrogens is 2. The molecule has 1 fully saturated rings. The van der Waals surface area contributed by atoms with Crippen LogP contribution in [0.1, 0.15) is 16.8 Å². The van der Waals surface area contributed by atoms with E-state index in [0.29, 0.717) is 0 Å². The van der Waals surface area contributed by atoms with Crippen LogP contribution in [0.4, 0.5) is 5.95 Å². The van der Waals surface area contributed by atoms with E-state index in [1.165, 1.54) is 16.8 Å². The van der Waals surface area contributed by atoms with E-state index in [0.717, 1.165) is 62.8 Å². The minimum absolute atomic E-state index is 0.765. The second-order valence-corrected chi connectivity index (χ2v) is 7.24. The largest absolute Gasteiger partial charge is 0.378 e. The number of fused-ring (bicyclic) bond motifs is 1. The topological polar surface area (TPSA) is 41.5 Å². The monoisotopic (exact) mass is 388 g/mol.